The molecule has 0 fully saturated rings. The first kappa shape index (κ1) is 29.9. The zero-order chi connectivity index (χ0) is 36.9. The van der Waals surface area contributed by atoms with E-state index in [-0.39, 0.29) is 17.1 Å². The van der Waals surface area contributed by atoms with E-state index in [1.165, 1.54) is 0 Å². The summed E-state index contributed by atoms with van der Waals surface area (Å²) in [4.78, 5) is 20.4. The fraction of sp³-hybridized carbons (Fsp3) is 0.0400. The number of Topliss-reactive ketones (excluding diaryl/α,β-unsaturated/α-hetero) is 1. The van der Waals surface area contributed by atoms with Gasteiger partial charge in [0.1, 0.15) is 5.76 Å². The molecular weight excluding hydrogens is 689 g/mol. The lowest BCUT2D eigenvalue weighted by Crippen LogP contribution is -2.45. The van der Waals surface area contributed by atoms with Crippen molar-refractivity contribution in [2.24, 2.45) is 4.99 Å². The van der Waals surface area contributed by atoms with Crippen LogP contribution in [0.15, 0.2) is 168 Å². The number of hydrogen-bond acceptors (Lipinski definition) is 6. The molecule has 6 nitrogen and oxygen atoms in total. The smallest absolute Gasteiger partial charge is 0.201 e. The van der Waals surface area contributed by atoms with Crippen LogP contribution in [-0.2, 0) is 16.1 Å². The van der Waals surface area contributed by atoms with E-state index in [9.17, 15) is 9.90 Å². The van der Waals surface area contributed by atoms with Gasteiger partial charge in [-0.25, -0.2) is 4.99 Å². The van der Waals surface area contributed by atoms with E-state index < -0.39 is 11.3 Å². The van der Waals surface area contributed by atoms with Crippen molar-refractivity contribution in [2.75, 3.05) is 16.0 Å². The van der Waals surface area contributed by atoms with Crippen LogP contribution in [0, 0.1) is 0 Å². The van der Waals surface area contributed by atoms with Gasteiger partial charge < -0.3 is 21.1 Å². The average Bonchev–Trinajstić information content (AvgIpc) is 3.66. The molecule has 0 saturated carbocycles. The van der Waals surface area contributed by atoms with Crippen LogP contribution >= 0.6 is 0 Å². The van der Waals surface area contributed by atoms with Crippen LogP contribution in [0.1, 0.15) is 27.8 Å². The van der Waals surface area contributed by atoms with E-state index in [0.717, 1.165) is 83.1 Å². The van der Waals surface area contributed by atoms with E-state index in [2.05, 4.69) is 143 Å². The predicted octanol–water partition coefficient (Wildman–Crippen LogP) is 9.34. The second-order valence-corrected chi connectivity index (χ2v) is 15.3. The number of ketones is 1. The van der Waals surface area contributed by atoms with Crippen molar-refractivity contribution >= 4 is 55.5 Å². The number of carbonyl (C=O) groups is 1. The molecule has 13 rings (SSSR count). The minimum atomic E-state index is -0.905. The molecule has 6 heteroatoms. The Morgan fingerprint density at radius 1 is 0.464 bits per heavy atom. The Morgan fingerprint density at radius 2 is 1.00 bits per heavy atom. The molecule has 2 spiro atoms. The number of aliphatic hydroxyl groups is 1. The van der Waals surface area contributed by atoms with E-state index in [1.807, 2.05) is 30.3 Å². The Bertz CT molecular complexity index is 3250. The molecule has 2 aliphatic heterocycles. The van der Waals surface area contributed by atoms with Gasteiger partial charge in [0, 0.05) is 55.2 Å². The number of anilines is 3. The van der Waals surface area contributed by atoms with Crippen molar-refractivity contribution in [2.45, 2.75) is 11.3 Å². The molecule has 2 heterocycles. The molecule has 56 heavy (non-hydrogen) atoms. The summed E-state index contributed by atoms with van der Waals surface area (Å²) in [6.45, 7) is 0. The predicted molar refractivity (Wildman–Crippen MR) is 223 cm³/mol. The third-order valence-corrected chi connectivity index (χ3v) is 12.6. The summed E-state index contributed by atoms with van der Waals surface area (Å²) in [5.74, 6) is -0.229. The first-order chi connectivity index (χ1) is 27.6. The molecule has 0 amide bonds. The monoisotopic (exact) mass is 718 g/mol. The first-order valence-electron chi connectivity index (χ1n) is 19.0. The van der Waals surface area contributed by atoms with Crippen molar-refractivity contribution in [3.05, 3.63) is 202 Å². The van der Waals surface area contributed by atoms with Crippen LogP contribution in [0.25, 0.3) is 54.9 Å². The Morgan fingerprint density at radius 3 is 1.62 bits per heavy atom. The third-order valence-electron chi connectivity index (χ3n) is 12.6. The summed E-state index contributed by atoms with van der Waals surface area (Å²) < 4.78 is 0. The molecule has 0 unspecified atom stereocenters. The quantitative estimate of drug-likeness (QED) is 0.136. The van der Waals surface area contributed by atoms with Crippen molar-refractivity contribution < 1.29 is 9.90 Å². The van der Waals surface area contributed by atoms with Gasteiger partial charge >= 0.3 is 0 Å². The van der Waals surface area contributed by atoms with Gasteiger partial charge in [0.05, 0.1) is 22.2 Å². The number of carbonyl (C=O) groups excluding carboxylic acids is 1. The number of benzene rings is 8. The van der Waals surface area contributed by atoms with Crippen molar-refractivity contribution in [1.29, 1.82) is 0 Å². The number of aliphatic hydroxyl groups excluding tert-OH is 1. The lowest BCUT2D eigenvalue weighted by atomic mass is 9.79. The van der Waals surface area contributed by atoms with Crippen LogP contribution < -0.4 is 26.5 Å². The average molecular weight is 719 g/mol. The van der Waals surface area contributed by atoms with Gasteiger partial charge in [0.15, 0.2) is 11.3 Å². The summed E-state index contributed by atoms with van der Waals surface area (Å²) in [5, 5.41) is 29.2. The number of fused-ring (bicyclic) bond motifs is 10. The second kappa shape index (κ2) is 10.2. The maximum Gasteiger partial charge on any atom is 0.201 e. The summed E-state index contributed by atoms with van der Waals surface area (Å²) in [6, 6.07) is 54.1. The van der Waals surface area contributed by atoms with Gasteiger partial charge in [-0.1, -0.05) is 146 Å². The van der Waals surface area contributed by atoms with Gasteiger partial charge in [-0.05, 0) is 45.2 Å². The highest BCUT2D eigenvalue weighted by atomic mass is 16.3. The van der Waals surface area contributed by atoms with Crippen LogP contribution in [0.5, 0.6) is 0 Å². The minimum absolute atomic E-state index is 0.0206. The molecule has 262 valence electrons. The van der Waals surface area contributed by atoms with Crippen molar-refractivity contribution in [3.8, 4) is 22.3 Å². The fourth-order valence-electron chi connectivity index (χ4n) is 10.3. The second-order valence-electron chi connectivity index (χ2n) is 15.3. The zero-order valence-electron chi connectivity index (χ0n) is 29.8. The Hall–Kier alpha value is -7.44. The maximum absolute atomic E-state index is 14.9. The minimum Gasteiger partial charge on any atom is -0.506 e. The van der Waals surface area contributed by atoms with Gasteiger partial charge in [0.2, 0.25) is 5.78 Å². The standard InChI is InChI=1S/C50H30N4O2/c55-47-43(33-25-23-27-11-9-21-39-41(27)45(33)53-49(51-39)35-17-5-1-13-29(35)30-14-2-6-18-36(30)49)48(56)44(47)34-26-24-28-12-10-22-40-42(28)46(34)54-50(52-40)37-19-7-3-15-31(37)32-16-4-8-20-38(32)50/h1-26,51-53,55H/b44-34-. The summed E-state index contributed by atoms with van der Waals surface area (Å²) in [7, 11) is 0. The molecule has 8 aromatic rings. The molecule has 0 atom stereocenters. The van der Waals surface area contributed by atoms with Crippen LogP contribution in [0.2, 0.25) is 0 Å². The molecule has 8 aromatic carbocycles. The van der Waals surface area contributed by atoms with E-state index in [1.54, 1.807) is 0 Å². The largest absolute Gasteiger partial charge is 0.506 e. The van der Waals surface area contributed by atoms with E-state index in [0.29, 0.717) is 21.7 Å². The maximum atomic E-state index is 14.9. The molecule has 0 saturated heterocycles. The summed E-state index contributed by atoms with van der Waals surface area (Å²) in [6.07, 6.45) is 0. The van der Waals surface area contributed by atoms with Gasteiger partial charge in [0.25, 0.3) is 0 Å². The van der Waals surface area contributed by atoms with Crippen LogP contribution in [0.4, 0.5) is 17.1 Å². The molecule has 3 aliphatic carbocycles. The van der Waals surface area contributed by atoms with E-state index >= 15 is 0 Å². The fourth-order valence-corrected chi connectivity index (χ4v) is 10.3. The molecule has 4 N–H and O–H groups in total. The number of allylic oxidation sites excluding steroid dienone is 2. The van der Waals surface area contributed by atoms with Gasteiger partial charge in [-0.15, -0.1) is 0 Å². The number of rotatable bonds is 1. The van der Waals surface area contributed by atoms with E-state index in [4.69, 9.17) is 4.99 Å². The number of nitrogens with zero attached hydrogens (tertiary/aromatic N) is 1. The normalized spacial score (nSPS) is 17.7. The molecular formula is C50H30N4O2. The highest BCUT2D eigenvalue weighted by molar-refractivity contribution is 6.52. The van der Waals surface area contributed by atoms with Gasteiger partial charge in [-0.3, -0.25) is 4.79 Å². The Balaban J connectivity index is 1.06. The lowest BCUT2D eigenvalue weighted by molar-refractivity contribution is -0.109. The van der Waals surface area contributed by atoms with Crippen LogP contribution in [-0.4, -0.2) is 10.9 Å². The highest BCUT2D eigenvalue weighted by Crippen LogP contribution is 2.55. The molecule has 0 aromatic heterocycles. The zero-order valence-corrected chi connectivity index (χ0v) is 29.8. The van der Waals surface area contributed by atoms with Crippen molar-refractivity contribution in [3.63, 3.8) is 0 Å². The van der Waals surface area contributed by atoms with Gasteiger partial charge in [-0.2, -0.15) is 0 Å². The summed E-state index contributed by atoms with van der Waals surface area (Å²) >= 11 is 0. The van der Waals surface area contributed by atoms with Crippen LogP contribution in [0.3, 0.4) is 0 Å². The van der Waals surface area contributed by atoms with Crippen molar-refractivity contribution in [1.82, 2.24) is 0 Å². The third kappa shape index (κ3) is 3.48. The number of hydrogen-bond donors (Lipinski definition) is 4. The Kier molecular flexibility index (Phi) is 5.45. The molecule has 0 bridgehead atoms. The SMILES string of the molecule is O=C1C(c2ccc3cccc4c3c2NC2(N4)c3ccccc3-c3ccccc32)=C(O)/C1=c1\ccc2cccc3c2c1=NC1(N3)c2ccccc2-c2ccccc21. The first-order valence-corrected chi connectivity index (χ1v) is 19.0. The number of nitrogens with one attached hydrogen (secondary N) is 3. The topological polar surface area (TPSA) is 85.8 Å². The highest BCUT2D eigenvalue weighted by Gasteiger charge is 2.48. The Labute approximate surface area is 320 Å². The molecule has 5 aliphatic rings. The molecule has 0 radical (unpaired) electrons. The summed E-state index contributed by atoms with van der Waals surface area (Å²) in [5.41, 5.74) is 11.2. The lowest BCUT2D eigenvalue weighted by Gasteiger charge is -2.41.